The van der Waals surface area contributed by atoms with Crippen molar-refractivity contribution in [1.29, 1.82) is 0 Å². The molecule has 0 aliphatic heterocycles. The summed E-state index contributed by atoms with van der Waals surface area (Å²) in [5.41, 5.74) is 2.76. The van der Waals surface area contributed by atoms with Crippen molar-refractivity contribution in [3.63, 3.8) is 0 Å². The maximum atomic E-state index is 11.9. The first-order valence-corrected chi connectivity index (χ1v) is 8.57. The molecule has 0 aliphatic carbocycles. The Morgan fingerprint density at radius 1 is 0.958 bits per heavy atom. The predicted molar refractivity (Wildman–Crippen MR) is 99.6 cm³/mol. The van der Waals surface area contributed by atoms with Gasteiger partial charge >= 0.3 is 0 Å². The van der Waals surface area contributed by atoms with E-state index < -0.39 is 0 Å². The second kappa shape index (κ2) is 9.73. The van der Waals surface area contributed by atoms with E-state index in [2.05, 4.69) is 17.6 Å². The molecule has 3 N–H and O–H groups in total. The van der Waals surface area contributed by atoms with E-state index in [9.17, 15) is 9.90 Å². The molecule has 2 aromatic carbocycles. The van der Waals surface area contributed by atoms with Crippen molar-refractivity contribution in [2.24, 2.45) is 0 Å². The third kappa shape index (κ3) is 6.42. The Bertz CT molecular complexity index is 611. The van der Waals surface area contributed by atoms with Crippen molar-refractivity contribution < 1.29 is 9.90 Å². The molecule has 0 saturated carbocycles. The van der Waals surface area contributed by atoms with E-state index in [0.29, 0.717) is 12.8 Å². The van der Waals surface area contributed by atoms with Crippen LogP contribution in [0.3, 0.4) is 0 Å². The second-order valence-corrected chi connectivity index (χ2v) is 5.95. The predicted octanol–water partition coefficient (Wildman–Crippen LogP) is 4.70. The molecule has 0 heterocycles. The fourth-order valence-electron chi connectivity index (χ4n) is 2.43. The lowest BCUT2D eigenvalue weighted by atomic mass is 10.1. The normalized spacial score (nSPS) is 11.8. The number of hydrogen-bond acceptors (Lipinski definition) is 3. The number of hydrogen-bond donors (Lipinski definition) is 3. The average molecular weight is 326 g/mol. The topological polar surface area (TPSA) is 61.4 Å². The number of benzene rings is 2. The Morgan fingerprint density at radius 2 is 1.58 bits per heavy atom. The van der Waals surface area contributed by atoms with Crippen LogP contribution in [-0.2, 0) is 4.79 Å². The number of carbonyl (C=O) groups is 1. The molecule has 0 spiro atoms. The average Bonchev–Trinajstić information content (AvgIpc) is 2.61. The summed E-state index contributed by atoms with van der Waals surface area (Å²) in [7, 11) is 0. The highest BCUT2D eigenvalue weighted by Gasteiger charge is 2.08. The van der Waals surface area contributed by atoms with Crippen LogP contribution >= 0.6 is 0 Å². The van der Waals surface area contributed by atoms with Crippen LogP contribution in [0, 0.1) is 0 Å². The lowest BCUT2D eigenvalue weighted by Gasteiger charge is -2.11. The molecule has 1 amide bonds. The van der Waals surface area contributed by atoms with Crippen molar-refractivity contribution in [3.8, 4) is 0 Å². The maximum Gasteiger partial charge on any atom is 0.224 e. The minimum atomic E-state index is -0.381. The van der Waals surface area contributed by atoms with E-state index in [1.54, 1.807) is 0 Å². The highest BCUT2D eigenvalue weighted by Crippen LogP contribution is 2.19. The van der Waals surface area contributed by atoms with Gasteiger partial charge in [0.25, 0.3) is 0 Å². The molecule has 4 heteroatoms. The van der Waals surface area contributed by atoms with Gasteiger partial charge in [-0.2, -0.15) is 0 Å². The van der Waals surface area contributed by atoms with Gasteiger partial charge in [-0.05, 0) is 49.2 Å². The summed E-state index contributed by atoms with van der Waals surface area (Å²) in [5, 5.41) is 15.9. The first-order chi connectivity index (χ1) is 11.7. The first-order valence-electron chi connectivity index (χ1n) is 8.57. The number of amides is 1. The monoisotopic (exact) mass is 326 g/mol. The summed E-state index contributed by atoms with van der Waals surface area (Å²) in [6.45, 7) is 2.09. The molecule has 1 unspecified atom stereocenters. The third-order valence-corrected chi connectivity index (χ3v) is 3.83. The van der Waals surface area contributed by atoms with Gasteiger partial charge in [-0.1, -0.05) is 38.0 Å². The van der Waals surface area contributed by atoms with Crippen LogP contribution in [0.15, 0.2) is 54.6 Å². The lowest BCUT2D eigenvalue weighted by Crippen LogP contribution is -2.15. The van der Waals surface area contributed by atoms with Gasteiger partial charge in [0.2, 0.25) is 5.91 Å². The van der Waals surface area contributed by atoms with Gasteiger partial charge in [-0.25, -0.2) is 0 Å². The fraction of sp³-hybridized carbons (Fsp3) is 0.350. The van der Waals surface area contributed by atoms with Crippen LogP contribution in [0.4, 0.5) is 17.1 Å². The van der Waals surface area contributed by atoms with Crippen LogP contribution in [0.2, 0.25) is 0 Å². The van der Waals surface area contributed by atoms with Gasteiger partial charge in [0.1, 0.15) is 0 Å². The number of aliphatic hydroxyl groups is 1. The van der Waals surface area contributed by atoms with E-state index in [1.807, 2.05) is 54.6 Å². The summed E-state index contributed by atoms with van der Waals surface area (Å²) >= 11 is 0. The number of nitrogens with one attached hydrogen (secondary N) is 2. The number of rotatable bonds is 9. The van der Waals surface area contributed by atoms with Crippen molar-refractivity contribution in [3.05, 3.63) is 54.6 Å². The minimum absolute atomic E-state index is 0.0608. The molecule has 1 atom stereocenters. The van der Waals surface area contributed by atoms with E-state index in [0.717, 1.165) is 36.3 Å². The quantitative estimate of drug-likeness (QED) is 0.626. The minimum Gasteiger partial charge on any atom is -0.393 e. The Kier molecular flexibility index (Phi) is 7.30. The third-order valence-electron chi connectivity index (χ3n) is 3.83. The molecule has 0 fully saturated rings. The molecule has 0 aliphatic rings. The highest BCUT2D eigenvalue weighted by molar-refractivity contribution is 5.90. The van der Waals surface area contributed by atoms with Crippen LogP contribution in [0.1, 0.15) is 39.0 Å². The van der Waals surface area contributed by atoms with Gasteiger partial charge in [0.15, 0.2) is 0 Å². The molecular weight excluding hydrogens is 300 g/mol. The summed E-state index contributed by atoms with van der Waals surface area (Å²) < 4.78 is 0. The molecule has 24 heavy (non-hydrogen) atoms. The lowest BCUT2D eigenvalue weighted by molar-refractivity contribution is -0.116. The standard InChI is InChI=1S/C20H26N2O2/c1-2-3-9-19(23)14-15-20(24)22-18-12-10-17(11-13-18)21-16-7-5-4-6-8-16/h4-8,10-13,19,21,23H,2-3,9,14-15H2,1H3,(H,22,24). The molecule has 128 valence electrons. The van der Waals surface area contributed by atoms with E-state index in [1.165, 1.54) is 0 Å². The smallest absolute Gasteiger partial charge is 0.224 e. The van der Waals surface area contributed by atoms with Gasteiger partial charge in [0, 0.05) is 23.5 Å². The molecule has 0 radical (unpaired) electrons. The maximum absolute atomic E-state index is 11.9. The summed E-state index contributed by atoms with van der Waals surface area (Å²) in [6.07, 6.45) is 3.30. The number of anilines is 3. The number of aliphatic hydroxyl groups excluding tert-OH is 1. The zero-order chi connectivity index (χ0) is 17.2. The SMILES string of the molecule is CCCCC(O)CCC(=O)Nc1ccc(Nc2ccccc2)cc1. The number of carbonyl (C=O) groups excluding carboxylic acids is 1. The van der Waals surface area contributed by atoms with E-state index >= 15 is 0 Å². The van der Waals surface area contributed by atoms with Crippen molar-refractivity contribution in [2.45, 2.75) is 45.1 Å². The molecule has 0 aromatic heterocycles. The summed E-state index contributed by atoms with van der Waals surface area (Å²) in [4.78, 5) is 11.9. The van der Waals surface area contributed by atoms with Crippen LogP contribution in [-0.4, -0.2) is 17.1 Å². The first kappa shape index (κ1) is 18.0. The Labute approximate surface area is 143 Å². The van der Waals surface area contributed by atoms with Crippen LogP contribution in [0.5, 0.6) is 0 Å². The van der Waals surface area contributed by atoms with Gasteiger partial charge in [0.05, 0.1) is 6.10 Å². The zero-order valence-corrected chi connectivity index (χ0v) is 14.2. The Hall–Kier alpha value is -2.33. The van der Waals surface area contributed by atoms with E-state index in [-0.39, 0.29) is 12.0 Å². The van der Waals surface area contributed by atoms with Crippen molar-refractivity contribution in [1.82, 2.24) is 0 Å². The molecule has 0 bridgehead atoms. The second-order valence-electron chi connectivity index (χ2n) is 5.95. The van der Waals surface area contributed by atoms with Gasteiger partial charge in [-0.15, -0.1) is 0 Å². The highest BCUT2D eigenvalue weighted by atomic mass is 16.3. The molecule has 2 aromatic rings. The molecular formula is C20H26N2O2. The summed E-state index contributed by atoms with van der Waals surface area (Å²) in [5.74, 6) is -0.0608. The molecule has 2 rings (SSSR count). The molecule has 4 nitrogen and oxygen atoms in total. The molecule has 0 saturated heterocycles. The largest absolute Gasteiger partial charge is 0.393 e. The van der Waals surface area contributed by atoms with Crippen molar-refractivity contribution >= 4 is 23.0 Å². The van der Waals surface area contributed by atoms with Crippen molar-refractivity contribution in [2.75, 3.05) is 10.6 Å². The summed E-state index contributed by atoms with van der Waals surface area (Å²) in [6, 6.07) is 17.5. The number of unbranched alkanes of at least 4 members (excludes halogenated alkanes) is 1. The fourth-order valence-corrected chi connectivity index (χ4v) is 2.43. The number of para-hydroxylation sites is 1. The van der Waals surface area contributed by atoms with Gasteiger partial charge in [-0.3, -0.25) is 4.79 Å². The Balaban J connectivity index is 1.77. The Morgan fingerprint density at radius 3 is 2.25 bits per heavy atom. The zero-order valence-electron chi connectivity index (χ0n) is 14.2. The van der Waals surface area contributed by atoms with E-state index in [4.69, 9.17) is 0 Å². The van der Waals surface area contributed by atoms with Gasteiger partial charge < -0.3 is 15.7 Å². The van der Waals surface area contributed by atoms with Crippen LogP contribution < -0.4 is 10.6 Å². The van der Waals surface area contributed by atoms with Crippen LogP contribution in [0.25, 0.3) is 0 Å².